The van der Waals surface area contributed by atoms with Crippen LogP contribution in [0.3, 0.4) is 0 Å². The number of hydrogen-bond acceptors (Lipinski definition) is 1. The molecule has 0 saturated heterocycles. The maximum Gasteiger partial charge on any atom is 0.0963 e. The summed E-state index contributed by atoms with van der Waals surface area (Å²) in [5.74, 6) is 0.145. The summed E-state index contributed by atoms with van der Waals surface area (Å²) >= 11 is 0. The maximum atomic E-state index is 13.1. The van der Waals surface area contributed by atoms with E-state index in [4.69, 9.17) is 0 Å². The van der Waals surface area contributed by atoms with Gasteiger partial charge in [-0.1, -0.05) is 19.9 Å². The highest BCUT2D eigenvalue weighted by Crippen LogP contribution is 2.13. The second-order valence-corrected chi connectivity index (χ2v) is 3.27. The molecule has 0 amide bonds. The van der Waals surface area contributed by atoms with Crippen molar-refractivity contribution in [1.82, 2.24) is 5.32 Å². The molecule has 0 bridgehead atoms. The molecule has 0 saturated carbocycles. The van der Waals surface area contributed by atoms with Crippen molar-refractivity contribution in [2.75, 3.05) is 7.05 Å². The van der Waals surface area contributed by atoms with Crippen molar-refractivity contribution in [3.05, 3.63) is 24.6 Å². The lowest BCUT2D eigenvalue weighted by atomic mass is 10.0. The lowest BCUT2D eigenvalue weighted by Crippen LogP contribution is -2.28. The first kappa shape index (κ1) is 12.4. The Morgan fingerprint density at radius 1 is 1.62 bits per heavy atom. The van der Waals surface area contributed by atoms with Crippen molar-refractivity contribution in [1.29, 1.82) is 0 Å². The van der Waals surface area contributed by atoms with E-state index >= 15 is 0 Å². The lowest BCUT2D eigenvalue weighted by molar-refractivity contribution is 0.510. The van der Waals surface area contributed by atoms with Gasteiger partial charge in [-0.2, -0.15) is 0 Å². The molecule has 0 aromatic rings. The summed E-state index contributed by atoms with van der Waals surface area (Å²) in [4.78, 5) is 0. The van der Waals surface area contributed by atoms with Crippen LogP contribution in [0.25, 0.3) is 0 Å². The molecule has 2 unspecified atom stereocenters. The Morgan fingerprint density at radius 2 is 2.23 bits per heavy atom. The molecule has 13 heavy (non-hydrogen) atoms. The third kappa shape index (κ3) is 4.83. The second kappa shape index (κ2) is 6.84. The van der Waals surface area contributed by atoms with Crippen molar-refractivity contribution in [3.8, 4) is 0 Å². The Hall–Kier alpha value is -0.630. The van der Waals surface area contributed by atoms with Gasteiger partial charge >= 0.3 is 0 Å². The first-order valence-electron chi connectivity index (χ1n) is 4.81. The van der Waals surface area contributed by atoms with Crippen LogP contribution in [0.4, 0.5) is 4.39 Å². The fourth-order valence-electron chi connectivity index (χ4n) is 1.31. The first-order valence-corrected chi connectivity index (χ1v) is 4.81. The molecule has 2 heteroatoms. The highest BCUT2D eigenvalue weighted by Gasteiger charge is 2.09. The van der Waals surface area contributed by atoms with Gasteiger partial charge in [-0.05, 0) is 31.9 Å². The maximum absolute atomic E-state index is 13.1. The van der Waals surface area contributed by atoms with E-state index in [9.17, 15) is 4.39 Å². The van der Waals surface area contributed by atoms with E-state index in [1.54, 1.807) is 12.2 Å². The van der Waals surface area contributed by atoms with E-state index in [1.165, 1.54) is 0 Å². The van der Waals surface area contributed by atoms with Crippen LogP contribution < -0.4 is 5.32 Å². The number of hydrogen-bond donors (Lipinski definition) is 1. The standard InChI is InChI=1S/C11H20FN/c1-5-7-10(12)8-9(3)11(6-2)13-4/h6,8-9,11,13H,2,5,7H2,1,3-4H3/b10-8+. The molecule has 76 valence electrons. The van der Waals surface area contributed by atoms with Crippen LogP contribution >= 0.6 is 0 Å². The predicted octanol–water partition coefficient (Wildman–Crippen LogP) is 3.05. The van der Waals surface area contributed by atoms with E-state index in [-0.39, 0.29) is 17.8 Å². The van der Waals surface area contributed by atoms with Gasteiger partial charge in [0.2, 0.25) is 0 Å². The average molecular weight is 185 g/mol. The minimum atomic E-state index is -0.0166. The minimum absolute atomic E-state index is 0.0166. The Balaban J connectivity index is 4.16. The molecule has 0 aromatic heterocycles. The van der Waals surface area contributed by atoms with Crippen LogP contribution in [0.5, 0.6) is 0 Å². The molecule has 0 spiro atoms. The molecule has 0 heterocycles. The molecule has 0 aliphatic heterocycles. The van der Waals surface area contributed by atoms with Gasteiger partial charge in [0.15, 0.2) is 0 Å². The highest BCUT2D eigenvalue weighted by atomic mass is 19.1. The van der Waals surface area contributed by atoms with Gasteiger partial charge in [0.1, 0.15) is 0 Å². The monoisotopic (exact) mass is 185 g/mol. The molecular weight excluding hydrogens is 165 g/mol. The van der Waals surface area contributed by atoms with Gasteiger partial charge in [0.25, 0.3) is 0 Å². The summed E-state index contributed by atoms with van der Waals surface area (Å²) in [6, 6.07) is 0.155. The molecule has 0 rings (SSSR count). The van der Waals surface area contributed by atoms with Crippen molar-refractivity contribution in [2.45, 2.75) is 32.7 Å². The normalized spacial score (nSPS) is 16.8. The molecule has 0 aliphatic rings. The number of likely N-dealkylation sites (N-methyl/N-ethyl adjacent to an activating group) is 1. The van der Waals surface area contributed by atoms with Crippen LogP contribution in [0.1, 0.15) is 26.7 Å². The van der Waals surface area contributed by atoms with Gasteiger partial charge in [-0.25, -0.2) is 4.39 Å². The van der Waals surface area contributed by atoms with Crippen LogP contribution in [-0.2, 0) is 0 Å². The largest absolute Gasteiger partial charge is 0.313 e. The SMILES string of the molecule is C=CC(NC)C(C)/C=C(/F)CCC. The third-order valence-corrected chi connectivity index (χ3v) is 2.09. The average Bonchev–Trinajstić information content (AvgIpc) is 2.06. The molecule has 2 atom stereocenters. The first-order chi connectivity index (χ1) is 6.15. The van der Waals surface area contributed by atoms with Gasteiger partial charge < -0.3 is 5.32 Å². The molecule has 0 radical (unpaired) electrons. The minimum Gasteiger partial charge on any atom is -0.313 e. The third-order valence-electron chi connectivity index (χ3n) is 2.09. The number of halogens is 1. The van der Waals surface area contributed by atoms with E-state index in [1.807, 2.05) is 20.9 Å². The molecule has 1 N–H and O–H groups in total. The predicted molar refractivity (Wildman–Crippen MR) is 56.3 cm³/mol. The van der Waals surface area contributed by atoms with Gasteiger partial charge in [-0.3, -0.25) is 0 Å². The summed E-state index contributed by atoms with van der Waals surface area (Å²) in [6.45, 7) is 7.65. The Morgan fingerprint density at radius 3 is 2.62 bits per heavy atom. The van der Waals surface area contributed by atoms with Crippen molar-refractivity contribution >= 4 is 0 Å². The van der Waals surface area contributed by atoms with Gasteiger partial charge in [-0.15, -0.1) is 6.58 Å². The Bertz CT molecular complexity index is 175. The molecule has 0 fully saturated rings. The van der Waals surface area contributed by atoms with Crippen molar-refractivity contribution in [2.24, 2.45) is 5.92 Å². The van der Waals surface area contributed by atoms with Crippen LogP contribution in [0.2, 0.25) is 0 Å². The fraction of sp³-hybridized carbons (Fsp3) is 0.636. The fourth-order valence-corrected chi connectivity index (χ4v) is 1.31. The summed E-state index contributed by atoms with van der Waals surface area (Å²) < 4.78 is 13.1. The van der Waals surface area contributed by atoms with Gasteiger partial charge in [0.05, 0.1) is 5.83 Å². The summed E-state index contributed by atoms with van der Waals surface area (Å²) in [5.41, 5.74) is 0. The van der Waals surface area contributed by atoms with Gasteiger partial charge in [0, 0.05) is 6.04 Å². The van der Waals surface area contributed by atoms with Crippen LogP contribution in [-0.4, -0.2) is 13.1 Å². The second-order valence-electron chi connectivity index (χ2n) is 3.27. The van der Waals surface area contributed by atoms with E-state index in [0.717, 1.165) is 6.42 Å². The topological polar surface area (TPSA) is 12.0 Å². The van der Waals surface area contributed by atoms with E-state index in [2.05, 4.69) is 11.9 Å². The van der Waals surface area contributed by atoms with Crippen molar-refractivity contribution < 1.29 is 4.39 Å². The number of allylic oxidation sites excluding steroid dienone is 1. The van der Waals surface area contributed by atoms with E-state index in [0.29, 0.717) is 6.42 Å². The van der Waals surface area contributed by atoms with Crippen LogP contribution in [0.15, 0.2) is 24.6 Å². The van der Waals surface area contributed by atoms with Crippen LogP contribution in [0, 0.1) is 5.92 Å². The lowest BCUT2D eigenvalue weighted by Gasteiger charge is -2.16. The zero-order valence-electron chi connectivity index (χ0n) is 8.81. The Labute approximate surface area is 80.7 Å². The molecule has 1 nitrogen and oxygen atoms in total. The molecular formula is C11H20FN. The molecule has 0 aliphatic carbocycles. The van der Waals surface area contributed by atoms with E-state index < -0.39 is 0 Å². The zero-order chi connectivity index (χ0) is 10.3. The quantitative estimate of drug-likeness (QED) is 0.627. The zero-order valence-corrected chi connectivity index (χ0v) is 8.81. The number of rotatable bonds is 6. The highest BCUT2D eigenvalue weighted by molar-refractivity contribution is 5.02. The Kier molecular flexibility index (Phi) is 6.51. The summed E-state index contributed by atoms with van der Waals surface area (Å²) in [6.07, 6.45) is 4.87. The van der Waals surface area contributed by atoms with Crippen molar-refractivity contribution in [3.63, 3.8) is 0 Å². The molecule has 0 aromatic carbocycles. The summed E-state index contributed by atoms with van der Waals surface area (Å²) in [7, 11) is 1.86. The smallest absolute Gasteiger partial charge is 0.0963 e. The number of nitrogens with one attached hydrogen (secondary N) is 1. The summed E-state index contributed by atoms with van der Waals surface area (Å²) in [5, 5.41) is 3.07.